The van der Waals surface area contributed by atoms with Gasteiger partial charge in [-0.15, -0.1) is 0 Å². The molecule has 2 amide bonds. The van der Waals surface area contributed by atoms with Crippen LogP contribution in [0.5, 0.6) is 0 Å². The second-order valence-electron chi connectivity index (χ2n) is 5.29. The summed E-state index contributed by atoms with van der Waals surface area (Å²) in [5, 5.41) is 6.29. The first-order valence-corrected chi connectivity index (χ1v) is 7.41. The third-order valence-corrected chi connectivity index (χ3v) is 4.19. The Hall–Kier alpha value is -2.33. The van der Waals surface area contributed by atoms with Crippen molar-refractivity contribution in [3.05, 3.63) is 58.1 Å². The highest BCUT2D eigenvalue weighted by molar-refractivity contribution is 6.31. The van der Waals surface area contributed by atoms with E-state index in [1.807, 2.05) is 19.1 Å². The Kier molecular flexibility index (Phi) is 3.86. The topological polar surface area (TPSA) is 58.2 Å². The number of amides is 2. The van der Waals surface area contributed by atoms with Crippen LogP contribution in [0.15, 0.2) is 36.4 Å². The van der Waals surface area contributed by atoms with E-state index in [9.17, 15) is 9.59 Å². The molecule has 0 atom stereocenters. The Morgan fingerprint density at radius 2 is 2.05 bits per heavy atom. The number of aryl methyl sites for hydroxylation is 1. The van der Waals surface area contributed by atoms with Gasteiger partial charge in [0.25, 0.3) is 5.91 Å². The van der Waals surface area contributed by atoms with Gasteiger partial charge in [0.1, 0.15) is 0 Å². The average molecular weight is 315 g/mol. The molecular formula is C17H15ClN2O2. The zero-order valence-electron chi connectivity index (χ0n) is 12.1. The van der Waals surface area contributed by atoms with Crippen LogP contribution in [0.3, 0.4) is 0 Å². The molecule has 0 saturated carbocycles. The molecular weight excluding hydrogens is 300 g/mol. The fourth-order valence-corrected chi connectivity index (χ4v) is 2.64. The van der Waals surface area contributed by atoms with Crippen molar-refractivity contribution in [1.29, 1.82) is 0 Å². The van der Waals surface area contributed by atoms with Gasteiger partial charge >= 0.3 is 0 Å². The number of hydrogen-bond acceptors (Lipinski definition) is 2. The van der Waals surface area contributed by atoms with E-state index in [-0.39, 0.29) is 11.8 Å². The maximum atomic E-state index is 12.4. The van der Waals surface area contributed by atoms with Crippen molar-refractivity contribution < 1.29 is 9.59 Å². The fraction of sp³-hybridized carbons (Fsp3) is 0.176. The van der Waals surface area contributed by atoms with E-state index >= 15 is 0 Å². The third-order valence-electron chi connectivity index (χ3n) is 3.78. The van der Waals surface area contributed by atoms with Crippen molar-refractivity contribution in [3.8, 4) is 0 Å². The normalized spacial score (nSPS) is 13.3. The molecule has 0 aromatic heterocycles. The van der Waals surface area contributed by atoms with Gasteiger partial charge in [0.2, 0.25) is 5.91 Å². The Labute approximate surface area is 133 Å². The van der Waals surface area contributed by atoms with Gasteiger partial charge in [-0.1, -0.05) is 17.7 Å². The molecule has 0 unspecified atom stereocenters. The van der Waals surface area contributed by atoms with E-state index in [4.69, 9.17) is 11.6 Å². The molecule has 0 bridgehead atoms. The van der Waals surface area contributed by atoms with E-state index in [1.54, 1.807) is 24.3 Å². The van der Waals surface area contributed by atoms with Crippen LogP contribution in [0.25, 0.3) is 0 Å². The van der Waals surface area contributed by atoms with Crippen molar-refractivity contribution >= 4 is 34.8 Å². The Balaban J connectivity index is 1.84. The molecule has 2 aromatic carbocycles. The molecule has 0 radical (unpaired) electrons. The standard InChI is InChI=1S/C17H15ClN2O2/c1-10-13(18)3-2-4-14(10)20-17(22)12-5-7-15-11(9-12)6-8-16(21)19-15/h2-5,7,9H,6,8H2,1H3,(H,19,21)(H,20,22). The van der Waals surface area contributed by atoms with Gasteiger partial charge in [0, 0.05) is 28.4 Å². The van der Waals surface area contributed by atoms with Gasteiger partial charge in [-0.3, -0.25) is 9.59 Å². The maximum Gasteiger partial charge on any atom is 0.255 e. The molecule has 1 heterocycles. The van der Waals surface area contributed by atoms with Crippen LogP contribution in [-0.4, -0.2) is 11.8 Å². The van der Waals surface area contributed by atoms with Gasteiger partial charge in [-0.2, -0.15) is 0 Å². The minimum absolute atomic E-state index is 0.0132. The average Bonchev–Trinajstić information content (AvgIpc) is 2.51. The number of anilines is 2. The summed E-state index contributed by atoms with van der Waals surface area (Å²) in [6, 6.07) is 10.7. The van der Waals surface area contributed by atoms with Gasteiger partial charge in [0.15, 0.2) is 0 Å². The zero-order valence-corrected chi connectivity index (χ0v) is 12.8. The summed E-state index contributed by atoms with van der Waals surface area (Å²) in [5.74, 6) is -0.177. The molecule has 0 fully saturated rings. The molecule has 3 rings (SSSR count). The SMILES string of the molecule is Cc1c(Cl)cccc1NC(=O)c1ccc2c(c1)CCC(=O)N2. The predicted octanol–water partition coefficient (Wildman–Crippen LogP) is 3.79. The van der Waals surface area contributed by atoms with Crippen LogP contribution in [0.1, 0.15) is 27.9 Å². The van der Waals surface area contributed by atoms with E-state index in [1.165, 1.54) is 0 Å². The lowest BCUT2D eigenvalue weighted by Gasteiger charge is -2.17. The Morgan fingerprint density at radius 1 is 1.23 bits per heavy atom. The van der Waals surface area contributed by atoms with Crippen LogP contribution < -0.4 is 10.6 Å². The van der Waals surface area contributed by atoms with Crippen LogP contribution in [-0.2, 0) is 11.2 Å². The Morgan fingerprint density at radius 3 is 2.86 bits per heavy atom. The van der Waals surface area contributed by atoms with Crippen molar-refractivity contribution in [1.82, 2.24) is 0 Å². The molecule has 4 nitrogen and oxygen atoms in total. The second-order valence-corrected chi connectivity index (χ2v) is 5.69. The van der Waals surface area contributed by atoms with E-state index in [0.29, 0.717) is 29.1 Å². The van der Waals surface area contributed by atoms with Crippen molar-refractivity contribution in [3.63, 3.8) is 0 Å². The third kappa shape index (κ3) is 2.83. The highest BCUT2D eigenvalue weighted by atomic mass is 35.5. The lowest BCUT2D eigenvalue weighted by Crippen LogP contribution is -2.20. The van der Waals surface area contributed by atoms with Crippen LogP contribution in [0.2, 0.25) is 5.02 Å². The maximum absolute atomic E-state index is 12.4. The first-order valence-electron chi connectivity index (χ1n) is 7.04. The van der Waals surface area contributed by atoms with Crippen LogP contribution in [0, 0.1) is 6.92 Å². The van der Waals surface area contributed by atoms with Gasteiger partial charge in [-0.25, -0.2) is 0 Å². The van der Waals surface area contributed by atoms with E-state index in [2.05, 4.69) is 10.6 Å². The van der Waals surface area contributed by atoms with Crippen molar-refractivity contribution in [2.75, 3.05) is 10.6 Å². The first-order chi connectivity index (χ1) is 10.5. The minimum Gasteiger partial charge on any atom is -0.326 e. The number of carbonyl (C=O) groups is 2. The van der Waals surface area contributed by atoms with Crippen LogP contribution >= 0.6 is 11.6 Å². The van der Waals surface area contributed by atoms with E-state index in [0.717, 1.165) is 16.8 Å². The summed E-state index contributed by atoms with van der Waals surface area (Å²) in [6.45, 7) is 1.86. The summed E-state index contributed by atoms with van der Waals surface area (Å²) in [6.07, 6.45) is 1.10. The molecule has 5 heteroatoms. The summed E-state index contributed by atoms with van der Waals surface area (Å²) in [5.41, 5.74) is 3.86. The zero-order chi connectivity index (χ0) is 15.7. The monoisotopic (exact) mass is 314 g/mol. The Bertz CT molecular complexity index is 771. The van der Waals surface area contributed by atoms with Crippen molar-refractivity contribution in [2.45, 2.75) is 19.8 Å². The molecule has 1 aliphatic rings. The summed E-state index contributed by atoms with van der Waals surface area (Å²) in [7, 11) is 0. The number of rotatable bonds is 2. The summed E-state index contributed by atoms with van der Waals surface area (Å²) < 4.78 is 0. The quantitative estimate of drug-likeness (QED) is 0.886. The number of carbonyl (C=O) groups excluding carboxylic acids is 2. The van der Waals surface area contributed by atoms with Gasteiger partial charge < -0.3 is 10.6 Å². The summed E-state index contributed by atoms with van der Waals surface area (Å²) >= 11 is 6.06. The molecule has 0 aliphatic carbocycles. The molecule has 0 spiro atoms. The molecule has 1 aliphatic heterocycles. The largest absolute Gasteiger partial charge is 0.326 e. The van der Waals surface area contributed by atoms with Crippen molar-refractivity contribution in [2.24, 2.45) is 0 Å². The highest BCUT2D eigenvalue weighted by Crippen LogP contribution is 2.26. The molecule has 2 aromatic rings. The highest BCUT2D eigenvalue weighted by Gasteiger charge is 2.17. The van der Waals surface area contributed by atoms with E-state index < -0.39 is 0 Å². The second kappa shape index (κ2) is 5.81. The molecule has 2 N–H and O–H groups in total. The smallest absolute Gasteiger partial charge is 0.255 e. The minimum atomic E-state index is -0.190. The number of halogens is 1. The van der Waals surface area contributed by atoms with Crippen LogP contribution in [0.4, 0.5) is 11.4 Å². The number of benzene rings is 2. The molecule has 22 heavy (non-hydrogen) atoms. The molecule has 112 valence electrons. The van der Waals surface area contributed by atoms with Gasteiger partial charge in [-0.05, 0) is 54.8 Å². The number of fused-ring (bicyclic) bond motifs is 1. The number of hydrogen-bond donors (Lipinski definition) is 2. The molecule has 0 saturated heterocycles. The lowest BCUT2D eigenvalue weighted by molar-refractivity contribution is -0.116. The van der Waals surface area contributed by atoms with Gasteiger partial charge in [0.05, 0.1) is 0 Å². The summed E-state index contributed by atoms with van der Waals surface area (Å²) in [4.78, 5) is 23.7. The first kappa shape index (κ1) is 14.6. The predicted molar refractivity (Wildman–Crippen MR) is 87.5 cm³/mol. The number of nitrogens with one attached hydrogen (secondary N) is 2. The lowest BCUT2D eigenvalue weighted by atomic mass is 10.00. The fourth-order valence-electron chi connectivity index (χ4n) is 2.46.